The van der Waals surface area contributed by atoms with Gasteiger partial charge in [0.1, 0.15) is 0 Å². The third kappa shape index (κ3) is 4.39. The molecular formula is C16H26ClNO. The van der Waals surface area contributed by atoms with Crippen LogP contribution in [0.2, 0.25) is 5.02 Å². The average Bonchev–Trinajstić information content (AvgIpc) is 2.39. The van der Waals surface area contributed by atoms with Crippen molar-refractivity contribution in [2.75, 3.05) is 11.4 Å². The highest BCUT2D eigenvalue weighted by atomic mass is 35.5. The number of anilines is 1. The molecule has 108 valence electrons. The van der Waals surface area contributed by atoms with Crippen LogP contribution in [0, 0.1) is 0 Å². The summed E-state index contributed by atoms with van der Waals surface area (Å²) in [6.07, 6.45) is 2.96. The molecule has 0 fully saturated rings. The van der Waals surface area contributed by atoms with Gasteiger partial charge in [-0.15, -0.1) is 0 Å². The van der Waals surface area contributed by atoms with Crippen LogP contribution in [0.1, 0.15) is 58.6 Å². The molecule has 1 aromatic rings. The number of unbranched alkanes of at least 4 members (excludes halogenated alkanes) is 1. The highest BCUT2D eigenvalue weighted by molar-refractivity contribution is 6.33. The third-order valence-electron chi connectivity index (χ3n) is 3.64. The van der Waals surface area contributed by atoms with Crippen LogP contribution >= 0.6 is 11.6 Å². The van der Waals surface area contributed by atoms with Crippen LogP contribution in [0.5, 0.6) is 0 Å². The molecule has 2 atom stereocenters. The third-order valence-corrected chi connectivity index (χ3v) is 3.94. The van der Waals surface area contributed by atoms with E-state index in [2.05, 4.69) is 25.7 Å². The van der Waals surface area contributed by atoms with Gasteiger partial charge in [0.2, 0.25) is 0 Å². The van der Waals surface area contributed by atoms with Gasteiger partial charge in [-0.3, -0.25) is 0 Å². The zero-order valence-electron chi connectivity index (χ0n) is 12.5. The number of rotatable bonds is 7. The van der Waals surface area contributed by atoms with Crippen molar-refractivity contribution in [2.45, 2.75) is 59.1 Å². The quantitative estimate of drug-likeness (QED) is 0.777. The first-order valence-electron chi connectivity index (χ1n) is 7.25. The molecule has 0 spiro atoms. The second-order valence-electron chi connectivity index (χ2n) is 5.19. The predicted octanol–water partition coefficient (Wildman–Crippen LogP) is 4.80. The van der Waals surface area contributed by atoms with Gasteiger partial charge in [0, 0.05) is 12.6 Å². The van der Waals surface area contributed by atoms with E-state index in [0.29, 0.717) is 6.04 Å². The molecule has 0 heterocycles. The monoisotopic (exact) mass is 283 g/mol. The van der Waals surface area contributed by atoms with Crippen LogP contribution in [0.4, 0.5) is 5.69 Å². The predicted molar refractivity (Wildman–Crippen MR) is 84.1 cm³/mol. The minimum Gasteiger partial charge on any atom is -0.389 e. The molecule has 0 aromatic heterocycles. The van der Waals surface area contributed by atoms with Gasteiger partial charge in [-0.1, -0.05) is 37.9 Å². The van der Waals surface area contributed by atoms with E-state index in [-0.39, 0.29) is 0 Å². The van der Waals surface area contributed by atoms with E-state index in [1.54, 1.807) is 6.92 Å². The van der Waals surface area contributed by atoms with Crippen LogP contribution in [-0.4, -0.2) is 17.7 Å². The topological polar surface area (TPSA) is 23.5 Å². The number of hydrogen-bond donors (Lipinski definition) is 1. The number of aliphatic hydroxyl groups excluding tert-OH is 1. The standard InChI is InChI=1S/C16H26ClNO/c1-5-7-10-18(12(3)6-2)16-9-8-14(13(4)19)11-15(16)17/h8-9,11-13,19H,5-7,10H2,1-4H3. The summed E-state index contributed by atoms with van der Waals surface area (Å²) < 4.78 is 0. The van der Waals surface area contributed by atoms with Crippen LogP contribution in [0.3, 0.4) is 0 Å². The van der Waals surface area contributed by atoms with Crippen molar-refractivity contribution in [3.8, 4) is 0 Å². The Labute approximate surface area is 122 Å². The summed E-state index contributed by atoms with van der Waals surface area (Å²) >= 11 is 6.40. The van der Waals surface area contributed by atoms with Crippen LogP contribution in [0.25, 0.3) is 0 Å². The van der Waals surface area contributed by atoms with Gasteiger partial charge in [0.25, 0.3) is 0 Å². The van der Waals surface area contributed by atoms with E-state index < -0.39 is 6.10 Å². The summed E-state index contributed by atoms with van der Waals surface area (Å²) in [5.41, 5.74) is 1.95. The van der Waals surface area contributed by atoms with Crippen molar-refractivity contribution in [1.29, 1.82) is 0 Å². The van der Waals surface area contributed by atoms with E-state index >= 15 is 0 Å². The minimum atomic E-state index is -0.473. The Morgan fingerprint density at radius 3 is 2.42 bits per heavy atom. The van der Waals surface area contributed by atoms with Gasteiger partial charge in [-0.25, -0.2) is 0 Å². The van der Waals surface area contributed by atoms with E-state index in [9.17, 15) is 5.11 Å². The zero-order valence-corrected chi connectivity index (χ0v) is 13.2. The number of aliphatic hydroxyl groups is 1. The maximum atomic E-state index is 9.60. The fourth-order valence-electron chi connectivity index (χ4n) is 2.14. The first kappa shape index (κ1) is 16.3. The SMILES string of the molecule is CCCCN(c1ccc(C(C)O)cc1Cl)C(C)CC. The summed E-state index contributed by atoms with van der Waals surface area (Å²) in [7, 11) is 0. The molecule has 1 rings (SSSR count). The second kappa shape index (κ2) is 7.76. The van der Waals surface area contributed by atoms with Gasteiger partial charge >= 0.3 is 0 Å². The molecule has 0 radical (unpaired) electrons. The molecule has 3 heteroatoms. The fourth-order valence-corrected chi connectivity index (χ4v) is 2.44. The fraction of sp³-hybridized carbons (Fsp3) is 0.625. The van der Waals surface area contributed by atoms with Gasteiger partial charge in [-0.05, 0) is 44.4 Å². The molecule has 0 aliphatic rings. The van der Waals surface area contributed by atoms with Crippen LogP contribution < -0.4 is 4.90 Å². The van der Waals surface area contributed by atoms with Gasteiger partial charge in [0.15, 0.2) is 0 Å². The molecule has 19 heavy (non-hydrogen) atoms. The molecule has 0 saturated carbocycles. The van der Waals surface area contributed by atoms with Crippen molar-refractivity contribution in [3.63, 3.8) is 0 Å². The molecule has 2 nitrogen and oxygen atoms in total. The zero-order chi connectivity index (χ0) is 14.4. The van der Waals surface area contributed by atoms with Crippen molar-refractivity contribution in [1.82, 2.24) is 0 Å². The van der Waals surface area contributed by atoms with Crippen molar-refractivity contribution in [3.05, 3.63) is 28.8 Å². The lowest BCUT2D eigenvalue weighted by Crippen LogP contribution is -2.33. The highest BCUT2D eigenvalue weighted by Gasteiger charge is 2.16. The lowest BCUT2D eigenvalue weighted by Gasteiger charge is -2.32. The molecule has 1 aromatic carbocycles. The average molecular weight is 284 g/mol. The van der Waals surface area contributed by atoms with Crippen molar-refractivity contribution < 1.29 is 5.11 Å². The molecular weight excluding hydrogens is 258 g/mol. The van der Waals surface area contributed by atoms with Crippen LogP contribution in [0.15, 0.2) is 18.2 Å². The summed E-state index contributed by atoms with van der Waals surface area (Å²) in [5.74, 6) is 0. The molecule has 0 aliphatic carbocycles. The molecule has 0 amide bonds. The molecule has 1 N–H and O–H groups in total. The Morgan fingerprint density at radius 1 is 1.26 bits per heavy atom. The highest BCUT2D eigenvalue weighted by Crippen LogP contribution is 2.31. The van der Waals surface area contributed by atoms with Gasteiger partial charge in [0.05, 0.1) is 16.8 Å². The van der Waals surface area contributed by atoms with Gasteiger partial charge in [-0.2, -0.15) is 0 Å². The summed E-state index contributed by atoms with van der Waals surface area (Å²) in [4.78, 5) is 2.37. The second-order valence-corrected chi connectivity index (χ2v) is 5.60. The maximum absolute atomic E-state index is 9.60. The normalized spacial score (nSPS) is 14.2. The first-order chi connectivity index (χ1) is 9.01. The lowest BCUT2D eigenvalue weighted by molar-refractivity contribution is 0.199. The Balaban J connectivity index is 3.01. The van der Waals surface area contributed by atoms with Crippen molar-refractivity contribution in [2.24, 2.45) is 0 Å². The van der Waals surface area contributed by atoms with Gasteiger partial charge < -0.3 is 10.0 Å². The minimum absolute atomic E-state index is 0.473. The van der Waals surface area contributed by atoms with E-state index in [1.807, 2.05) is 18.2 Å². The van der Waals surface area contributed by atoms with Crippen molar-refractivity contribution >= 4 is 17.3 Å². The van der Waals surface area contributed by atoms with Crippen LogP contribution in [-0.2, 0) is 0 Å². The number of hydrogen-bond acceptors (Lipinski definition) is 2. The van der Waals surface area contributed by atoms with E-state index in [1.165, 1.54) is 12.8 Å². The largest absolute Gasteiger partial charge is 0.389 e. The summed E-state index contributed by atoms with van der Waals surface area (Å²) in [5, 5.41) is 10.3. The smallest absolute Gasteiger partial charge is 0.0762 e. The molecule has 0 bridgehead atoms. The molecule has 0 aliphatic heterocycles. The van der Waals surface area contributed by atoms with E-state index in [0.717, 1.165) is 29.2 Å². The summed E-state index contributed by atoms with van der Waals surface area (Å²) in [6, 6.07) is 6.35. The Morgan fingerprint density at radius 2 is 1.95 bits per heavy atom. The number of nitrogens with zero attached hydrogens (tertiary/aromatic N) is 1. The molecule has 2 unspecified atom stereocenters. The Hall–Kier alpha value is -0.730. The maximum Gasteiger partial charge on any atom is 0.0762 e. The number of halogens is 1. The summed E-state index contributed by atoms with van der Waals surface area (Å²) in [6.45, 7) is 9.41. The number of benzene rings is 1. The Bertz CT molecular complexity index is 392. The lowest BCUT2D eigenvalue weighted by atomic mass is 10.1. The van der Waals surface area contributed by atoms with E-state index in [4.69, 9.17) is 11.6 Å². The Kier molecular flexibility index (Phi) is 6.67. The first-order valence-corrected chi connectivity index (χ1v) is 7.63. The molecule has 0 saturated heterocycles.